The number of carbonyl (C=O) groups is 1. The average Bonchev–Trinajstić information content (AvgIpc) is 2.82. The zero-order chi connectivity index (χ0) is 22.1. The van der Waals surface area contributed by atoms with Gasteiger partial charge in [-0.1, -0.05) is 89.9 Å². The second-order valence-electron chi connectivity index (χ2n) is 7.68. The number of hydrogen-bond acceptors (Lipinski definition) is 2. The van der Waals surface area contributed by atoms with Crippen LogP contribution in [0.4, 0.5) is 11.4 Å². The summed E-state index contributed by atoms with van der Waals surface area (Å²) in [6.45, 7) is 0.609. The lowest BCUT2D eigenvalue weighted by Gasteiger charge is -2.46. The zero-order valence-electron chi connectivity index (χ0n) is 17.2. The predicted molar refractivity (Wildman–Crippen MR) is 132 cm³/mol. The molecule has 1 aliphatic rings. The van der Waals surface area contributed by atoms with Gasteiger partial charge in [-0.05, 0) is 42.0 Å². The third-order valence-electron chi connectivity index (χ3n) is 5.67. The minimum Gasteiger partial charge on any atom is -0.342 e. The van der Waals surface area contributed by atoms with Gasteiger partial charge in [0.05, 0.1) is 11.3 Å². The van der Waals surface area contributed by atoms with Gasteiger partial charge in [0.2, 0.25) is 0 Å². The van der Waals surface area contributed by atoms with E-state index in [1.807, 2.05) is 89.8 Å². The van der Waals surface area contributed by atoms with Gasteiger partial charge in [-0.3, -0.25) is 9.69 Å². The average molecular weight is 459 g/mol. The summed E-state index contributed by atoms with van der Waals surface area (Å²) in [7, 11) is 0. The lowest BCUT2D eigenvalue weighted by Crippen LogP contribution is -2.49. The number of halogens is 2. The molecular weight excluding hydrogens is 439 g/mol. The van der Waals surface area contributed by atoms with Crippen LogP contribution in [0.1, 0.15) is 27.7 Å². The summed E-state index contributed by atoms with van der Waals surface area (Å²) in [6.07, 6.45) is -0.440. The van der Waals surface area contributed by atoms with E-state index < -0.39 is 6.17 Å². The van der Waals surface area contributed by atoms with Crippen LogP contribution in [0.2, 0.25) is 10.0 Å². The predicted octanol–water partition coefficient (Wildman–Crippen LogP) is 7.36. The number of hydrogen-bond donors (Lipinski definition) is 0. The summed E-state index contributed by atoms with van der Waals surface area (Å²) < 4.78 is 0. The van der Waals surface area contributed by atoms with E-state index in [-0.39, 0.29) is 5.91 Å². The molecule has 0 spiro atoms. The molecule has 4 aromatic rings. The molecule has 1 atom stereocenters. The number of anilines is 2. The van der Waals surface area contributed by atoms with Crippen LogP contribution in [-0.2, 0) is 6.54 Å². The van der Waals surface area contributed by atoms with Crippen molar-refractivity contribution in [3.63, 3.8) is 0 Å². The van der Waals surface area contributed by atoms with Crippen LogP contribution < -0.4 is 9.80 Å². The summed E-state index contributed by atoms with van der Waals surface area (Å²) in [4.78, 5) is 17.9. The quantitative estimate of drug-likeness (QED) is 0.318. The Morgan fingerprint density at radius 3 is 2.12 bits per heavy atom. The molecule has 0 aliphatic carbocycles. The Balaban J connectivity index is 1.75. The Morgan fingerprint density at radius 1 is 0.750 bits per heavy atom. The maximum absolute atomic E-state index is 13.8. The smallest absolute Gasteiger partial charge is 0.262 e. The van der Waals surface area contributed by atoms with Gasteiger partial charge in [0.15, 0.2) is 0 Å². The third-order valence-corrected chi connectivity index (χ3v) is 6.24. The molecule has 158 valence electrons. The Hall–Kier alpha value is -3.27. The van der Waals surface area contributed by atoms with Crippen LogP contribution in [0.15, 0.2) is 103 Å². The van der Waals surface area contributed by atoms with Gasteiger partial charge in [0.1, 0.15) is 6.17 Å². The highest BCUT2D eigenvalue weighted by molar-refractivity contribution is 6.35. The van der Waals surface area contributed by atoms with E-state index in [1.165, 1.54) is 0 Å². The number of carbonyl (C=O) groups excluding carboxylic acids is 1. The number of para-hydroxylation sites is 2. The van der Waals surface area contributed by atoms with Gasteiger partial charge in [0, 0.05) is 27.8 Å². The first-order valence-corrected chi connectivity index (χ1v) is 11.1. The molecule has 32 heavy (non-hydrogen) atoms. The van der Waals surface area contributed by atoms with Gasteiger partial charge in [-0.15, -0.1) is 0 Å². The fourth-order valence-electron chi connectivity index (χ4n) is 4.23. The number of fused-ring (bicyclic) bond motifs is 1. The molecule has 1 aliphatic heterocycles. The minimum absolute atomic E-state index is 0.0628. The van der Waals surface area contributed by atoms with Crippen LogP contribution in [0.5, 0.6) is 0 Å². The lowest BCUT2D eigenvalue weighted by molar-refractivity contribution is 0.0968. The summed E-state index contributed by atoms with van der Waals surface area (Å²) in [6, 6.07) is 33.1. The summed E-state index contributed by atoms with van der Waals surface area (Å²) in [5, 5.41) is 1.08. The summed E-state index contributed by atoms with van der Waals surface area (Å²) >= 11 is 12.9. The third kappa shape index (κ3) is 3.75. The van der Waals surface area contributed by atoms with Crippen LogP contribution in [0.25, 0.3) is 0 Å². The van der Waals surface area contributed by atoms with Gasteiger partial charge in [-0.25, -0.2) is 0 Å². The van der Waals surface area contributed by atoms with Gasteiger partial charge in [0.25, 0.3) is 5.91 Å². The van der Waals surface area contributed by atoms with E-state index in [0.717, 1.165) is 22.5 Å². The van der Waals surface area contributed by atoms with Crippen molar-refractivity contribution < 1.29 is 4.79 Å². The van der Waals surface area contributed by atoms with E-state index in [2.05, 4.69) is 17.0 Å². The van der Waals surface area contributed by atoms with Crippen molar-refractivity contribution in [2.45, 2.75) is 12.7 Å². The van der Waals surface area contributed by atoms with E-state index in [4.69, 9.17) is 23.2 Å². The highest BCUT2D eigenvalue weighted by Crippen LogP contribution is 2.44. The van der Waals surface area contributed by atoms with Crippen molar-refractivity contribution in [3.05, 3.63) is 130 Å². The first kappa shape index (κ1) is 20.6. The molecule has 3 nitrogen and oxygen atoms in total. The Morgan fingerprint density at radius 2 is 1.41 bits per heavy atom. The molecule has 0 saturated heterocycles. The SMILES string of the molecule is O=C1c2ccccc2N(Cc2ccccc2)[C@@H](c2ccc(Cl)cc2Cl)N1c1ccccc1. The Bertz CT molecular complexity index is 1260. The van der Waals surface area contributed by atoms with E-state index >= 15 is 0 Å². The fraction of sp³-hybridized carbons (Fsp3) is 0.0741. The molecular formula is C27H20Cl2N2O. The first-order valence-electron chi connectivity index (χ1n) is 10.4. The molecule has 0 aromatic heterocycles. The molecule has 0 radical (unpaired) electrons. The van der Waals surface area contributed by atoms with Crippen LogP contribution >= 0.6 is 23.2 Å². The van der Waals surface area contributed by atoms with Crippen molar-refractivity contribution in [3.8, 4) is 0 Å². The van der Waals surface area contributed by atoms with Gasteiger partial charge >= 0.3 is 0 Å². The van der Waals surface area contributed by atoms with E-state index in [0.29, 0.717) is 22.2 Å². The lowest BCUT2D eigenvalue weighted by atomic mass is 9.99. The van der Waals surface area contributed by atoms with Crippen LogP contribution in [-0.4, -0.2) is 5.91 Å². The largest absolute Gasteiger partial charge is 0.342 e. The van der Waals surface area contributed by atoms with Gasteiger partial charge in [-0.2, -0.15) is 0 Å². The normalized spacial score (nSPS) is 15.6. The van der Waals surface area contributed by atoms with Crippen molar-refractivity contribution in [2.75, 3.05) is 9.80 Å². The highest BCUT2D eigenvalue weighted by Gasteiger charge is 2.40. The summed E-state index contributed by atoms with van der Waals surface area (Å²) in [5.41, 5.74) is 4.30. The molecule has 5 rings (SSSR count). The van der Waals surface area contributed by atoms with E-state index in [9.17, 15) is 4.79 Å². The highest BCUT2D eigenvalue weighted by atomic mass is 35.5. The van der Waals surface area contributed by atoms with Crippen molar-refractivity contribution in [2.24, 2.45) is 0 Å². The van der Waals surface area contributed by atoms with Crippen molar-refractivity contribution >= 4 is 40.5 Å². The van der Waals surface area contributed by atoms with Crippen molar-refractivity contribution in [1.29, 1.82) is 0 Å². The molecule has 4 aromatic carbocycles. The van der Waals surface area contributed by atoms with Crippen LogP contribution in [0, 0.1) is 0 Å². The molecule has 1 heterocycles. The second-order valence-corrected chi connectivity index (χ2v) is 8.52. The number of amides is 1. The minimum atomic E-state index is -0.440. The maximum atomic E-state index is 13.8. The topological polar surface area (TPSA) is 23.6 Å². The summed E-state index contributed by atoms with van der Waals surface area (Å²) in [5.74, 6) is -0.0628. The molecule has 0 bridgehead atoms. The molecule has 0 N–H and O–H groups in total. The second kappa shape index (κ2) is 8.70. The Kier molecular flexibility index (Phi) is 5.60. The van der Waals surface area contributed by atoms with Crippen molar-refractivity contribution in [1.82, 2.24) is 0 Å². The number of benzene rings is 4. The molecule has 5 heteroatoms. The maximum Gasteiger partial charge on any atom is 0.262 e. The molecule has 0 unspecified atom stereocenters. The fourth-order valence-corrected chi connectivity index (χ4v) is 4.74. The molecule has 0 saturated carbocycles. The van der Waals surface area contributed by atoms with Crippen LogP contribution in [0.3, 0.4) is 0 Å². The standard InChI is InChI=1S/C27H20Cl2N2O/c28-20-15-16-22(24(29)17-20)26-30(18-19-9-3-1-4-10-19)25-14-8-7-13-23(25)27(32)31(26)21-11-5-2-6-12-21/h1-17,26H,18H2/t26-/m1/s1. The zero-order valence-corrected chi connectivity index (χ0v) is 18.7. The number of rotatable bonds is 4. The van der Waals surface area contributed by atoms with E-state index in [1.54, 1.807) is 6.07 Å². The monoisotopic (exact) mass is 458 g/mol. The molecule has 0 fully saturated rings. The first-order chi connectivity index (χ1) is 15.6. The number of nitrogens with zero attached hydrogens (tertiary/aromatic N) is 2. The molecule has 1 amide bonds. The Labute approximate surface area is 197 Å². The van der Waals surface area contributed by atoms with Gasteiger partial charge < -0.3 is 4.90 Å².